The van der Waals surface area contributed by atoms with Crippen molar-refractivity contribution in [3.05, 3.63) is 89.3 Å². The van der Waals surface area contributed by atoms with Crippen molar-refractivity contribution in [3.8, 4) is 11.3 Å². The third-order valence-electron chi connectivity index (χ3n) is 3.64. The number of hydrogen-bond donors (Lipinski definition) is 2. The van der Waals surface area contributed by atoms with Gasteiger partial charge in [-0.1, -0.05) is 36.4 Å². The summed E-state index contributed by atoms with van der Waals surface area (Å²) < 4.78 is 32.9. The van der Waals surface area contributed by atoms with Crippen molar-refractivity contribution in [1.29, 1.82) is 0 Å². The Bertz CT molecular complexity index is 1010. The first-order valence-electron chi connectivity index (χ1n) is 7.81. The molecule has 0 bridgehead atoms. The zero-order valence-electron chi connectivity index (χ0n) is 13.8. The number of carboxylic acid groups (broad SMARTS) is 1. The first-order valence-corrected chi connectivity index (χ1v) is 7.81. The highest BCUT2D eigenvalue weighted by Gasteiger charge is 2.20. The fraction of sp³-hybridized carbons (Fsp3) is 0. The van der Waals surface area contributed by atoms with Crippen LogP contribution >= 0.6 is 0 Å². The predicted octanol–water partition coefficient (Wildman–Crippen LogP) is 4.08. The summed E-state index contributed by atoms with van der Waals surface area (Å²) in [6, 6.07) is 15.2. The number of carboxylic acids is 1. The molecule has 0 radical (unpaired) electrons. The van der Waals surface area contributed by atoms with Gasteiger partial charge in [-0.25, -0.2) is 13.6 Å². The van der Waals surface area contributed by atoms with Gasteiger partial charge in [0.2, 0.25) is 0 Å². The first kappa shape index (κ1) is 18.1. The van der Waals surface area contributed by atoms with Crippen LogP contribution in [-0.2, 0) is 4.79 Å². The second-order valence-electron chi connectivity index (χ2n) is 5.48. The molecule has 2 N–H and O–H groups in total. The van der Waals surface area contributed by atoms with Gasteiger partial charge in [-0.15, -0.1) is 0 Å². The van der Waals surface area contributed by atoms with E-state index in [2.05, 4.69) is 0 Å². The average molecular weight is 369 g/mol. The number of aliphatic carboxylic acids is 1. The average Bonchev–Trinajstić information content (AvgIpc) is 3.10. The number of rotatable bonds is 5. The van der Waals surface area contributed by atoms with E-state index in [1.165, 1.54) is 6.07 Å². The summed E-state index contributed by atoms with van der Waals surface area (Å²) in [5.74, 6) is -4.24. The van der Waals surface area contributed by atoms with Crippen LogP contribution in [0.15, 0.2) is 70.8 Å². The maximum Gasteiger partial charge on any atom is 0.352 e. The molecular weight excluding hydrogens is 356 g/mol. The Morgan fingerprint density at radius 3 is 2.22 bits per heavy atom. The fourth-order valence-electron chi connectivity index (χ4n) is 2.38. The summed E-state index contributed by atoms with van der Waals surface area (Å²) in [6.07, 6.45) is 1.06. The van der Waals surface area contributed by atoms with Crippen molar-refractivity contribution >= 4 is 18.0 Å². The fourth-order valence-corrected chi connectivity index (χ4v) is 2.38. The summed E-state index contributed by atoms with van der Waals surface area (Å²) in [4.78, 5) is 23.5. The van der Waals surface area contributed by atoms with Crippen molar-refractivity contribution in [2.24, 2.45) is 0 Å². The predicted molar refractivity (Wildman–Crippen MR) is 93.6 cm³/mol. The smallest absolute Gasteiger partial charge is 0.352 e. The van der Waals surface area contributed by atoms with E-state index in [0.717, 1.165) is 29.8 Å². The van der Waals surface area contributed by atoms with Crippen LogP contribution in [0.3, 0.4) is 0 Å². The highest BCUT2D eigenvalue weighted by Crippen LogP contribution is 2.23. The van der Waals surface area contributed by atoms with Gasteiger partial charge >= 0.3 is 5.97 Å². The zero-order chi connectivity index (χ0) is 19.4. The summed E-state index contributed by atoms with van der Waals surface area (Å²) in [6.45, 7) is 0. The van der Waals surface area contributed by atoms with E-state index in [-0.39, 0.29) is 5.76 Å². The van der Waals surface area contributed by atoms with E-state index in [1.54, 1.807) is 6.07 Å². The molecule has 2 aromatic carbocycles. The minimum atomic E-state index is -1.49. The Morgan fingerprint density at radius 1 is 0.926 bits per heavy atom. The molecule has 3 rings (SSSR count). The maximum atomic E-state index is 13.7. The Hall–Kier alpha value is -3.74. The summed E-state index contributed by atoms with van der Waals surface area (Å²) in [7, 11) is 0. The molecule has 136 valence electrons. The zero-order valence-corrected chi connectivity index (χ0v) is 13.8. The van der Waals surface area contributed by atoms with Gasteiger partial charge in [-0.05, 0) is 24.3 Å². The van der Waals surface area contributed by atoms with E-state index < -0.39 is 34.8 Å². The number of carbonyl (C=O) groups is 2. The minimum Gasteiger partial charge on any atom is -0.477 e. The standard InChI is InChI=1S/C20H13F2NO4/c21-14-7-4-8-15(22)18(14)19(24)23-16(20(25)26)11-13-9-10-17(27-13)12-5-2-1-3-6-12/h1-11H,(H,23,24)(H,25,26)/b16-11+. The van der Waals surface area contributed by atoms with Gasteiger partial charge in [-0.3, -0.25) is 4.79 Å². The van der Waals surface area contributed by atoms with Crippen LogP contribution in [0.5, 0.6) is 0 Å². The molecule has 3 aromatic rings. The van der Waals surface area contributed by atoms with Crippen LogP contribution in [-0.4, -0.2) is 17.0 Å². The van der Waals surface area contributed by atoms with Gasteiger partial charge in [-0.2, -0.15) is 0 Å². The van der Waals surface area contributed by atoms with Crippen LogP contribution in [0.2, 0.25) is 0 Å². The van der Waals surface area contributed by atoms with Gasteiger partial charge < -0.3 is 14.8 Å². The lowest BCUT2D eigenvalue weighted by Crippen LogP contribution is -2.28. The third-order valence-corrected chi connectivity index (χ3v) is 3.64. The van der Waals surface area contributed by atoms with Gasteiger partial charge in [0.25, 0.3) is 5.91 Å². The number of furan rings is 1. The van der Waals surface area contributed by atoms with Gasteiger partial charge in [0.1, 0.15) is 34.4 Å². The minimum absolute atomic E-state index is 0.153. The van der Waals surface area contributed by atoms with Crippen molar-refractivity contribution in [2.75, 3.05) is 0 Å². The molecule has 7 heteroatoms. The second kappa shape index (κ2) is 7.65. The molecule has 1 heterocycles. The topological polar surface area (TPSA) is 79.5 Å². The number of benzene rings is 2. The summed E-state index contributed by atoms with van der Waals surface area (Å²) in [5, 5.41) is 11.3. The van der Waals surface area contributed by atoms with Gasteiger partial charge in [0.15, 0.2) is 0 Å². The number of nitrogens with one attached hydrogen (secondary N) is 1. The van der Waals surface area contributed by atoms with Gasteiger partial charge in [0, 0.05) is 11.6 Å². The molecule has 5 nitrogen and oxygen atoms in total. The van der Waals surface area contributed by atoms with E-state index in [9.17, 15) is 23.5 Å². The molecule has 0 saturated heterocycles. The molecule has 27 heavy (non-hydrogen) atoms. The lowest BCUT2D eigenvalue weighted by molar-refractivity contribution is -0.132. The van der Waals surface area contributed by atoms with E-state index >= 15 is 0 Å². The van der Waals surface area contributed by atoms with Crippen LogP contribution < -0.4 is 5.32 Å². The lowest BCUT2D eigenvalue weighted by atomic mass is 10.1. The summed E-state index contributed by atoms with van der Waals surface area (Å²) >= 11 is 0. The Balaban J connectivity index is 1.87. The SMILES string of the molecule is O=C(O)/C(=C\c1ccc(-c2ccccc2)o1)NC(=O)c1c(F)cccc1F. The quantitative estimate of drug-likeness (QED) is 0.664. The first-order chi connectivity index (χ1) is 13.0. The van der Waals surface area contributed by atoms with Gasteiger partial charge in [0.05, 0.1) is 0 Å². The molecule has 0 unspecified atom stereocenters. The monoisotopic (exact) mass is 369 g/mol. The maximum absolute atomic E-state index is 13.7. The molecule has 0 saturated carbocycles. The highest BCUT2D eigenvalue weighted by atomic mass is 19.1. The third kappa shape index (κ3) is 4.09. The molecule has 0 spiro atoms. The number of amides is 1. The Labute approximate surface area is 152 Å². The van der Waals surface area contributed by atoms with Crippen LogP contribution in [0.25, 0.3) is 17.4 Å². The van der Waals surface area contributed by atoms with Crippen LogP contribution in [0.4, 0.5) is 8.78 Å². The van der Waals surface area contributed by atoms with E-state index in [4.69, 9.17) is 4.42 Å². The molecule has 0 aliphatic carbocycles. The Kier molecular flexibility index (Phi) is 5.12. The van der Waals surface area contributed by atoms with E-state index in [1.807, 2.05) is 35.6 Å². The molecule has 0 fully saturated rings. The van der Waals surface area contributed by atoms with E-state index in [0.29, 0.717) is 5.76 Å². The van der Waals surface area contributed by atoms with Crippen molar-refractivity contribution < 1.29 is 27.9 Å². The molecule has 0 aliphatic rings. The molecular formula is C20H13F2NO4. The van der Waals surface area contributed by atoms with Crippen molar-refractivity contribution in [3.63, 3.8) is 0 Å². The number of halogens is 2. The highest BCUT2D eigenvalue weighted by molar-refractivity contribution is 6.02. The molecule has 0 aliphatic heterocycles. The Morgan fingerprint density at radius 2 is 1.59 bits per heavy atom. The van der Waals surface area contributed by atoms with Crippen LogP contribution in [0, 0.1) is 11.6 Å². The van der Waals surface area contributed by atoms with Crippen LogP contribution in [0.1, 0.15) is 16.1 Å². The van der Waals surface area contributed by atoms with Crippen molar-refractivity contribution in [1.82, 2.24) is 5.32 Å². The number of carbonyl (C=O) groups excluding carboxylic acids is 1. The molecule has 0 atom stereocenters. The second-order valence-corrected chi connectivity index (χ2v) is 5.48. The lowest BCUT2D eigenvalue weighted by Gasteiger charge is -2.07. The normalized spacial score (nSPS) is 11.3. The largest absolute Gasteiger partial charge is 0.477 e. The number of hydrogen-bond acceptors (Lipinski definition) is 3. The van der Waals surface area contributed by atoms with Crippen molar-refractivity contribution in [2.45, 2.75) is 0 Å². The summed E-state index contributed by atoms with van der Waals surface area (Å²) in [5.41, 5.74) is -0.669. The molecule has 1 aromatic heterocycles. The molecule has 1 amide bonds.